The second-order valence-corrected chi connectivity index (χ2v) is 7.63. The molecule has 1 saturated heterocycles. The van der Waals surface area contributed by atoms with Crippen molar-refractivity contribution in [2.24, 2.45) is 0 Å². The number of carbonyl (C=O) groups is 1. The minimum absolute atomic E-state index is 0.198. The van der Waals surface area contributed by atoms with Gasteiger partial charge in [0.2, 0.25) is 5.91 Å². The molecule has 2 aromatic heterocycles. The number of para-hydroxylation sites is 1. The van der Waals surface area contributed by atoms with Crippen LogP contribution in [-0.4, -0.2) is 64.2 Å². The normalized spacial score (nSPS) is 20.0. The maximum Gasteiger partial charge on any atom is 0.241 e. The fourth-order valence-electron chi connectivity index (χ4n) is 4.32. The Morgan fingerprint density at radius 3 is 2.79 bits per heavy atom. The average Bonchev–Trinajstić information content (AvgIpc) is 3.31. The number of piperazine rings is 1. The first-order valence-corrected chi connectivity index (χ1v) is 9.87. The Morgan fingerprint density at radius 1 is 1.11 bits per heavy atom. The second kappa shape index (κ2) is 6.91. The van der Waals surface area contributed by atoms with E-state index in [4.69, 9.17) is 0 Å². The van der Waals surface area contributed by atoms with E-state index in [0.29, 0.717) is 6.54 Å². The van der Waals surface area contributed by atoms with Crippen LogP contribution in [0.3, 0.4) is 0 Å². The lowest BCUT2D eigenvalue weighted by Gasteiger charge is -2.36. The highest BCUT2D eigenvalue weighted by Gasteiger charge is 2.31. The smallest absolute Gasteiger partial charge is 0.241 e. The van der Waals surface area contributed by atoms with Crippen LogP contribution in [0.1, 0.15) is 12.5 Å². The molecular weight excluding hydrogens is 352 g/mol. The maximum atomic E-state index is 13.0. The third-order valence-corrected chi connectivity index (χ3v) is 5.77. The Kier molecular flexibility index (Phi) is 4.24. The minimum atomic E-state index is 0.198. The number of carbonyl (C=O) groups excluding carboxylic acids is 1. The van der Waals surface area contributed by atoms with Crippen molar-refractivity contribution in [3.8, 4) is 0 Å². The molecule has 0 bridgehead atoms. The quantitative estimate of drug-likeness (QED) is 0.698. The highest BCUT2D eigenvalue weighted by atomic mass is 16.2. The van der Waals surface area contributed by atoms with Crippen LogP contribution in [0.15, 0.2) is 48.8 Å². The molecule has 144 valence electrons. The Morgan fingerprint density at radius 2 is 1.93 bits per heavy atom. The lowest BCUT2D eigenvalue weighted by atomic mass is 10.1. The van der Waals surface area contributed by atoms with E-state index in [0.717, 1.165) is 49.8 Å². The third-order valence-electron chi connectivity index (χ3n) is 5.77. The summed E-state index contributed by atoms with van der Waals surface area (Å²) in [7, 11) is 0. The summed E-state index contributed by atoms with van der Waals surface area (Å²) in [4.78, 5) is 23.8. The van der Waals surface area contributed by atoms with Crippen LogP contribution in [-0.2, 0) is 11.2 Å². The monoisotopic (exact) mass is 376 g/mol. The van der Waals surface area contributed by atoms with Crippen molar-refractivity contribution in [1.82, 2.24) is 19.5 Å². The zero-order valence-electron chi connectivity index (χ0n) is 16.0. The molecule has 1 fully saturated rings. The molecule has 0 spiro atoms. The molecule has 0 N–H and O–H groups in total. The van der Waals surface area contributed by atoms with E-state index in [-0.39, 0.29) is 11.9 Å². The van der Waals surface area contributed by atoms with Gasteiger partial charge < -0.3 is 9.80 Å². The second-order valence-electron chi connectivity index (χ2n) is 7.63. The summed E-state index contributed by atoms with van der Waals surface area (Å²) in [5.41, 5.74) is 3.21. The van der Waals surface area contributed by atoms with Gasteiger partial charge in [-0.15, -0.1) is 5.10 Å². The SMILES string of the molecule is C[C@H]1Cc2ccccc2N1C(=O)CN1CCN(c2ccc3nccn3n2)CC1. The van der Waals surface area contributed by atoms with E-state index in [1.54, 1.807) is 10.7 Å². The van der Waals surface area contributed by atoms with Gasteiger partial charge in [-0.1, -0.05) is 18.2 Å². The van der Waals surface area contributed by atoms with Crippen molar-refractivity contribution in [3.05, 3.63) is 54.4 Å². The first kappa shape index (κ1) is 17.2. The molecule has 7 heteroatoms. The number of hydrogen-bond donors (Lipinski definition) is 0. The summed E-state index contributed by atoms with van der Waals surface area (Å²) >= 11 is 0. The molecule has 7 nitrogen and oxygen atoms in total. The van der Waals surface area contributed by atoms with E-state index in [9.17, 15) is 4.79 Å². The average molecular weight is 376 g/mol. The van der Waals surface area contributed by atoms with Gasteiger partial charge in [0.15, 0.2) is 5.65 Å². The Hall–Kier alpha value is -2.93. The molecule has 0 unspecified atom stereocenters. The van der Waals surface area contributed by atoms with Gasteiger partial charge in [0.25, 0.3) is 0 Å². The highest BCUT2D eigenvalue weighted by molar-refractivity contribution is 5.97. The van der Waals surface area contributed by atoms with Crippen molar-refractivity contribution < 1.29 is 4.79 Å². The molecule has 28 heavy (non-hydrogen) atoms. The summed E-state index contributed by atoms with van der Waals surface area (Å²) in [6.45, 7) is 6.06. The van der Waals surface area contributed by atoms with E-state index in [2.05, 4.69) is 38.9 Å². The molecule has 0 radical (unpaired) electrons. The van der Waals surface area contributed by atoms with Crippen LogP contribution in [0, 0.1) is 0 Å². The van der Waals surface area contributed by atoms with Crippen molar-refractivity contribution in [2.75, 3.05) is 42.5 Å². The predicted octanol–water partition coefficient (Wildman–Crippen LogP) is 1.83. The molecule has 0 saturated carbocycles. The summed E-state index contributed by atoms with van der Waals surface area (Å²) in [6, 6.07) is 12.5. The lowest BCUT2D eigenvalue weighted by Crippen LogP contribution is -2.51. The predicted molar refractivity (Wildman–Crippen MR) is 109 cm³/mol. The summed E-state index contributed by atoms with van der Waals surface area (Å²) in [6.07, 6.45) is 4.56. The fraction of sp³-hybridized carbons (Fsp3) is 0.381. The largest absolute Gasteiger partial charge is 0.353 e. The molecule has 3 aromatic rings. The number of nitrogens with zero attached hydrogens (tertiary/aromatic N) is 6. The van der Waals surface area contributed by atoms with Gasteiger partial charge in [-0.25, -0.2) is 9.50 Å². The van der Waals surface area contributed by atoms with Crippen LogP contribution >= 0.6 is 0 Å². The van der Waals surface area contributed by atoms with Crippen LogP contribution in [0.25, 0.3) is 5.65 Å². The van der Waals surface area contributed by atoms with Gasteiger partial charge in [-0.3, -0.25) is 9.69 Å². The molecule has 0 aliphatic carbocycles. The molecule has 1 amide bonds. The number of fused-ring (bicyclic) bond motifs is 2. The number of anilines is 2. The number of hydrogen-bond acceptors (Lipinski definition) is 5. The zero-order valence-corrected chi connectivity index (χ0v) is 16.0. The number of aromatic nitrogens is 3. The first-order chi connectivity index (χ1) is 13.7. The molecule has 1 aromatic carbocycles. The standard InChI is InChI=1S/C21H24N6O/c1-16-14-17-4-2-3-5-18(17)27(16)21(28)15-24-10-12-25(13-11-24)20-7-6-19-22-8-9-26(19)23-20/h2-9,16H,10-15H2,1H3/t16-/m0/s1. The van der Waals surface area contributed by atoms with Gasteiger partial charge in [0.05, 0.1) is 6.54 Å². The number of rotatable bonds is 3. The van der Waals surface area contributed by atoms with Crippen LogP contribution in [0.4, 0.5) is 11.5 Å². The van der Waals surface area contributed by atoms with Crippen LogP contribution in [0.2, 0.25) is 0 Å². The van der Waals surface area contributed by atoms with E-state index < -0.39 is 0 Å². The summed E-state index contributed by atoms with van der Waals surface area (Å²) < 4.78 is 1.80. The van der Waals surface area contributed by atoms with Crippen LogP contribution in [0.5, 0.6) is 0 Å². The number of benzene rings is 1. The van der Waals surface area contributed by atoms with Gasteiger partial charge in [0, 0.05) is 50.3 Å². The Bertz CT molecular complexity index is 1010. The highest BCUT2D eigenvalue weighted by Crippen LogP contribution is 2.31. The Balaban J connectivity index is 1.22. The third kappa shape index (κ3) is 3.01. The van der Waals surface area contributed by atoms with Gasteiger partial charge in [-0.05, 0) is 37.1 Å². The molecule has 2 aliphatic rings. The first-order valence-electron chi connectivity index (χ1n) is 9.87. The van der Waals surface area contributed by atoms with E-state index in [1.165, 1.54) is 5.56 Å². The van der Waals surface area contributed by atoms with Crippen molar-refractivity contribution in [2.45, 2.75) is 19.4 Å². The van der Waals surface area contributed by atoms with E-state index in [1.807, 2.05) is 35.4 Å². The maximum absolute atomic E-state index is 13.0. The Labute approximate surface area is 164 Å². The van der Waals surface area contributed by atoms with Crippen molar-refractivity contribution in [1.29, 1.82) is 0 Å². The van der Waals surface area contributed by atoms with Gasteiger partial charge >= 0.3 is 0 Å². The van der Waals surface area contributed by atoms with Gasteiger partial charge in [-0.2, -0.15) is 0 Å². The van der Waals surface area contributed by atoms with Crippen molar-refractivity contribution in [3.63, 3.8) is 0 Å². The summed E-state index contributed by atoms with van der Waals surface area (Å²) in [5, 5.41) is 4.63. The number of imidazole rings is 1. The fourth-order valence-corrected chi connectivity index (χ4v) is 4.32. The topological polar surface area (TPSA) is 57.0 Å². The zero-order chi connectivity index (χ0) is 19.1. The molecule has 4 heterocycles. The molecule has 5 rings (SSSR count). The summed E-state index contributed by atoms with van der Waals surface area (Å²) in [5.74, 6) is 1.16. The molecular formula is C21H24N6O. The molecule has 1 atom stereocenters. The van der Waals surface area contributed by atoms with Gasteiger partial charge in [0.1, 0.15) is 5.82 Å². The number of amides is 1. The lowest BCUT2D eigenvalue weighted by molar-refractivity contribution is -0.120. The molecule has 2 aliphatic heterocycles. The van der Waals surface area contributed by atoms with E-state index >= 15 is 0 Å². The van der Waals surface area contributed by atoms with Crippen LogP contribution < -0.4 is 9.80 Å². The van der Waals surface area contributed by atoms with Crippen molar-refractivity contribution >= 4 is 23.1 Å². The minimum Gasteiger partial charge on any atom is -0.353 e.